The molecule has 0 saturated carbocycles. The highest BCUT2D eigenvalue weighted by atomic mass is 32.2. The van der Waals surface area contributed by atoms with Crippen molar-refractivity contribution in [2.75, 3.05) is 13.7 Å². The predicted octanol–water partition coefficient (Wildman–Crippen LogP) is 4.69. The van der Waals surface area contributed by atoms with Gasteiger partial charge in [0.1, 0.15) is 10.1 Å². The molecule has 28 heavy (non-hydrogen) atoms. The van der Waals surface area contributed by atoms with Gasteiger partial charge in [0.15, 0.2) is 0 Å². The molecule has 6 heteroatoms. The molecule has 2 heterocycles. The summed E-state index contributed by atoms with van der Waals surface area (Å²) >= 11 is 6.76. The molecule has 1 saturated heterocycles. The Morgan fingerprint density at radius 1 is 1.11 bits per heavy atom. The topological polar surface area (TPSA) is 42.4 Å². The number of thiocarbonyl (C=S) groups is 1. The Balaban J connectivity index is 1.48. The molecule has 0 unspecified atom stereocenters. The summed E-state index contributed by atoms with van der Waals surface area (Å²) in [7, 11) is 1.64. The third-order valence-corrected chi connectivity index (χ3v) is 5.93. The average Bonchev–Trinajstić information content (AvgIpc) is 2.99. The minimum absolute atomic E-state index is 0.0570. The number of carbonyl (C=O) groups excluding carboxylic acids is 1. The van der Waals surface area contributed by atoms with E-state index >= 15 is 0 Å². The van der Waals surface area contributed by atoms with Crippen LogP contribution in [0.25, 0.3) is 17.0 Å². The zero-order valence-electron chi connectivity index (χ0n) is 15.3. The molecule has 3 aromatic rings. The largest absolute Gasteiger partial charge is 0.497 e. The van der Waals surface area contributed by atoms with Crippen LogP contribution < -0.4 is 4.74 Å². The van der Waals surface area contributed by atoms with Gasteiger partial charge in [0.05, 0.1) is 23.2 Å². The van der Waals surface area contributed by atoms with Crippen LogP contribution in [0.1, 0.15) is 11.3 Å². The first-order valence-electron chi connectivity index (χ1n) is 8.88. The lowest BCUT2D eigenvalue weighted by Gasteiger charge is -2.14. The molecule has 1 aliphatic heterocycles. The fourth-order valence-corrected chi connectivity index (χ4v) is 4.32. The number of para-hydroxylation sites is 1. The number of methoxy groups -OCH3 is 1. The quantitative estimate of drug-likeness (QED) is 0.454. The van der Waals surface area contributed by atoms with E-state index in [4.69, 9.17) is 17.0 Å². The van der Waals surface area contributed by atoms with Crippen LogP contribution in [-0.4, -0.2) is 33.8 Å². The first-order chi connectivity index (χ1) is 13.6. The van der Waals surface area contributed by atoms with E-state index in [1.807, 2.05) is 66.7 Å². The van der Waals surface area contributed by atoms with Crippen molar-refractivity contribution in [3.63, 3.8) is 0 Å². The summed E-state index contributed by atoms with van der Waals surface area (Å²) < 4.78 is 5.77. The number of rotatable bonds is 5. The van der Waals surface area contributed by atoms with E-state index in [-0.39, 0.29) is 5.91 Å². The van der Waals surface area contributed by atoms with Crippen molar-refractivity contribution in [3.05, 3.63) is 76.8 Å². The summed E-state index contributed by atoms with van der Waals surface area (Å²) in [4.78, 5) is 19.7. The van der Waals surface area contributed by atoms with Crippen molar-refractivity contribution in [1.82, 2.24) is 9.88 Å². The Morgan fingerprint density at radius 2 is 1.89 bits per heavy atom. The van der Waals surface area contributed by atoms with Gasteiger partial charge in [0, 0.05) is 11.9 Å². The average molecular weight is 407 g/mol. The van der Waals surface area contributed by atoms with Gasteiger partial charge in [-0.15, -0.1) is 0 Å². The maximum absolute atomic E-state index is 12.8. The van der Waals surface area contributed by atoms with Gasteiger partial charge in [-0.05, 0) is 42.3 Å². The molecular formula is C22H18N2O2S2. The molecule has 1 aromatic heterocycles. The van der Waals surface area contributed by atoms with Crippen molar-refractivity contribution in [1.29, 1.82) is 0 Å². The Labute approximate surface area is 173 Å². The number of amides is 1. The zero-order valence-corrected chi connectivity index (χ0v) is 16.9. The van der Waals surface area contributed by atoms with E-state index in [1.165, 1.54) is 11.8 Å². The molecule has 0 bridgehead atoms. The highest BCUT2D eigenvalue weighted by Gasteiger charge is 2.31. The van der Waals surface area contributed by atoms with Crippen molar-refractivity contribution >= 4 is 51.2 Å². The Bertz CT molecular complexity index is 1080. The maximum Gasteiger partial charge on any atom is 0.266 e. The predicted molar refractivity (Wildman–Crippen MR) is 118 cm³/mol. The molecule has 1 fully saturated rings. The van der Waals surface area contributed by atoms with Gasteiger partial charge >= 0.3 is 0 Å². The molecule has 0 spiro atoms. The molecule has 0 radical (unpaired) electrons. The number of pyridine rings is 1. The van der Waals surface area contributed by atoms with Gasteiger partial charge < -0.3 is 4.74 Å². The van der Waals surface area contributed by atoms with Gasteiger partial charge in [-0.3, -0.25) is 9.69 Å². The summed E-state index contributed by atoms with van der Waals surface area (Å²) in [6, 6.07) is 19.7. The van der Waals surface area contributed by atoms with E-state index in [2.05, 4.69) is 4.98 Å². The minimum Gasteiger partial charge on any atom is -0.497 e. The molecule has 140 valence electrons. The Hall–Kier alpha value is -2.70. The third kappa shape index (κ3) is 3.93. The van der Waals surface area contributed by atoms with Gasteiger partial charge in [-0.2, -0.15) is 0 Å². The Kier molecular flexibility index (Phi) is 5.41. The molecule has 1 amide bonds. The summed E-state index contributed by atoms with van der Waals surface area (Å²) in [6.45, 7) is 0.555. The second-order valence-electron chi connectivity index (χ2n) is 6.36. The van der Waals surface area contributed by atoms with Gasteiger partial charge in [0.2, 0.25) is 0 Å². The van der Waals surface area contributed by atoms with Gasteiger partial charge in [0.25, 0.3) is 5.91 Å². The van der Waals surface area contributed by atoms with E-state index in [9.17, 15) is 4.79 Å². The van der Waals surface area contributed by atoms with Crippen molar-refractivity contribution in [2.24, 2.45) is 0 Å². The van der Waals surface area contributed by atoms with E-state index in [0.29, 0.717) is 15.8 Å². The lowest BCUT2D eigenvalue weighted by Crippen LogP contribution is -2.30. The van der Waals surface area contributed by atoms with Crippen molar-refractivity contribution in [2.45, 2.75) is 6.42 Å². The first-order valence-corrected chi connectivity index (χ1v) is 10.1. The van der Waals surface area contributed by atoms with Crippen LogP contribution in [0.4, 0.5) is 0 Å². The fraction of sp³-hybridized carbons (Fsp3) is 0.136. The first kappa shape index (κ1) is 18.7. The van der Waals surface area contributed by atoms with E-state index in [0.717, 1.165) is 34.3 Å². The van der Waals surface area contributed by atoms with Crippen LogP contribution in [0.2, 0.25) is 0 Å². The molecule has 0 atom stereocenters. The molecule has 0 aliphatic carbocycles. The van der Waals surface area contributed by atoms with Gasteiger partial charge in [-0.25, -0.2) is 4.98 Å². The van der Waals surface area contributed by atoms with E-state index < -0.39 is 0 Å². The van der Waals surface area contributed by atoms with Crippen LogP contribution in [-0.2, 0) is 11.2 Å². The normalized spacial score (nSPS) is 15.6. The number of ether oxygens (including phenoxy) is 1. The Morgan fingerprint density at radius 3 is 2.68 bits per heavy atom. The summed E-state index contributed by atoms with van der Waals surface area (Å²) in [6.07, 6.45) is 2.55. The number of nitrogens with zero attached hydrogens (tertiary/aromatic N) is 2. The lowest BCUT2D eigenvalue weighted by atomic mass is 10.1. The second-order valence-corrected chi connectivity index (χ2v) is 8.04. The van der Waals surface area contributed by atoms with Crippen LogP contribution >= 0.6 is 24.0 Å². The van der Waals surface area contributed by atoms with Crippen molar-refractivity contribution < 1.29 is 9.53 Å². The highest BCUT2D eigenvalue weighted by Crippen LogP contribution is 2.32. The summed E-state index contributed by atoms with van der Waals surface area (Å²) in [5, 5.41) is 1.08. The van der Waals surface area contributed by atoms with Gasteiger partial charge in [-0.1, -0.05) is 60.4 Å². The number of hydrogen-bond donors (Lipinski definition) is 0. The zero-order chi connectivity index (χ0) is 19.5. The van der Waals surface area contributed by atoms with Crippen LogP contribution in [0, 0.1) is 0 Å². The minimum atomic E-state index is -0.0570. The van der Waals surface area contributed by atoms with E-state index in [1.54, 1.807) is 12.0 Å². The number of carbonyl (C=O) groups is 1. The number of thioether (sulfide) groups is 1. The molecule has 0 N–H and O–H groups in total. The molecule has 4 rings (SSSR count). The molecule has 1 aliphatic rings. The molecule has 2 aromatic carbocycles. The highest BCUT2D eigenvalue weighted by molar-refractivity contribution is 8.26. The maximum atomic E-state index is 12.8. The number of fused-ring (bicyclic) bond motifs is 1. The van der Waals surface area contributed by atoms with Crippen LogP contribution in [0.3, 0.4) is 0 Å². The number of hydrogen-bond acceptors (Lipinski definition) is 5. The summed E-state index contributed by atoms with van der Waals surface area (Å²) in [5.41, 5.74) is 2.80. The summed E-state index contributed by atoms with van der Waals surface area (Å²) in [5.74, 6) is 0.763. The van der Waals surface area contributed by atoms with Crippen molar-refractivity contribution in [3.8, 4) is 5.75 Å². The number of benzene rings is 2. The lowest BCUT2D eigenvalue weighted by molar-refractivity contribution is -0.122. The van der Waals surface area contributed by atoms with Crippen LogP contribution in [0.5, 0.6) is 5.75 Å². The molecular weight excluding hydrogens is 388 g/mol. The third-order valence-electron chi connectivity index (χ3n) is 4.56. The smallest absolute Gasteiger partial charge is 0.266 e. The monoisotopic (exact) mass is 406 g/mol. The second kappa shape index (κ2) is 8.12. The van der Waals surface area contributed by atoms with Crippen LogP contribution in [0.15, 0.2) is 65.6 Å². The SMILES string of the molecule is COc1ccc(CCN2C(=O)/C(=C/c3ccc4ccccc4n3)SC2=S)cc1. The fourth-order valence-electron chi connectivity index (χ4n) is 3.02. The molecule has 4 nitrogen and oxygen atoms in total. The number of aromatic nitrogens is 1. The standard InChI is InChI=1S/C22H18N2O2S2/c1-26-18-10-6-15(7-11-18)12-13-24-21(25)20(28-22(24)27)14-17-9-8-16-4-2-3-5-19(16)23-17/h2-11,14H,12-13H2,1H3/b20-14-.